The molecule has 0 fully saturated rings. The average molecular weight is 204 g/mol. The van der Waals surface area contributed by atoms with E-state index in [-0.39, 0.29) is 13.5 Å². The normalized spacial score (nSPS) is 10.3. The first-order valence-corrected chi connectivity index (χ1v) is 4.81. The molecule has 0 unspecified atom stereocenters. The molecule has 3 nitrogen and oxygen atoms in total. The van der Waals surface area contributed by atoms with Crippen molar-refractivity contribution in [1.82, 2.24) is 0 Å². The second-order valence-corrected chi connectivity index (χ2v) is 2.99. The maximum atomic E-state index is 11.0. The highest BCUT2D eigenvalue weighted by atomic mass is 16.5. The van der Waals surface area contributed by atoms with Gasteiger partial charge in [0.2, 0.25) is 0 Å². The summed E-state index contributed by atoms with van der Waals surface area (Å²) in [7, 11) is 0.00108. The van der Waals surface area contributed by atoms with Gasteiger partial charge in [0, 0.05) is 6.08 Å². The van der Waals surface area contributed by atoms with E-state index in [1.54, 1.807) is 13.0 Å². The second kappa shape index (κ2) is 6.04. The van der Waals surface area contributed by atoms with Crippen molar-refractivity contribution in [3.8, 4) is 0 Å². The van der Waals surface area contributed by atoms with Crippen molar-refractivity contribution >= 4 is 25.0 Å². The van der Waals surface area contributed by atoms with Crippen LogP contribution in [0.1, 0.15) is 12.5 Å². The fourth-order valence-electron chi connectivity index (χ4n) is 1.15. The molecule has 1 rings (SSSR count). The zero-order chi connectivity index (χ0) is 11.1. The zero-order valence-corrected chi connectivity index (χ0v) is 8.64. The summed E-state index contributed by atoms with van der Waals surface area (Å²) in [5.74, 6) is -0.355. The molecule has 0 saturated heterocycles. The minimum absolute atomic E-state index is 0.00108. The Morgan fingerprint density at radius 2 is 2.40 bits per heavy atom. The number of carbonyl (C=O) groups is 1. The zero-order valence-electron chi connectivity index (χ0n) is 8.64. The maximum Gasteiger partial charge on any atom is 0.330 e. The highest BCUT2D eigenvalue weighted by Crippen LogP contribution is 1.99. The molecule has 78 valence electrons. The fraction of sp³-hybridized carbons (Fsp3) is 0.182. The summed E-state index contributed by atoms with van der Waals surface area (Å²) in [6, 6.07) is 7.32. The van der Waals surface area contributed by atoms with Crippen molar-refractivity contribution in [2.24, 2.45) is 0 Å². The molecule has 4 heteroatoms. The van der Waals surface area contributed by atoms with Gasteiger partial charge in [-0.25, -0.2) is 4.79 Å². The smallest absolute Gasteiger partial charge is 0.330 e. The molecule has 0 heterocycles. The first kappa shape index (κ1) is 11.5. The summed E-state index contributed by atoms with van der Waals surface area (Å²) >= 11 is 0. The largest absolute Gasteiger partial charge is 0.463 e. The third-order valence-electron chi connectivity index (χ3n) is 1.83. The molecule has 0 aliphatic rings. The van der Waals surface area contributed by atoms with Gasteiger partial charge in [-0.05, 0) is 18.6 Å². The molecule has 1 aromatic carbocycles. The Labute approximate surface area is 89.7 Å². The van der Waals surface area contributed by atoms with Gasteiger partial charge in [-0.15, -0.1) is 0 Å². The van der Waals surface area contributed by atoms with Crippen LogP contribution in [0.3, 0.4) is 0 Å². The number of rotatable bonds is 4. The maximum absolute atomic E-state index is 11.0. The lowest BCUT2D eigenvalue weighted by Crippen LogP contribution is -2.12. The van der Waals surface area contributed by atoms with E-state index in [1.165, 1.54) is 6.08 Å². The minimum Gasteiger partial charge on any atom is -0.463 e. The first-order valence-electron chi connectivity index (χ1n) is 4.81. The van der Waals surface area contributed by atoms with Crippen LogP contribution in [-0.4, -0.2) is 25.1 Å². The van der Waals surface area contributed by atoms with Gasteiger partial charge < -0.3 is 9.76 Å². The van der Waals surface area contributed by atoms with Crippen molar-refractivity contribution in [3.05, 3.63) is 35.9 Å². The number of ether oxygens (including phenoxy) is 1. The lowest BCUT2D eigenvalue weighted by atomic mass is 9.88. The van der Waals surface area contributed by atoms with Gasteiger partial charge in [0.25, 0.3) is 0 Å². The van der Waals surface area contributed by atoms with E-state index < -0.39 is 0 Å². The summed E-state index contributed by atoms with van der Waals surface area (Å²) in [5, 5.41) is 8.91. The van der Waals surface area contributed by atoms with Crippen LogP contribution in [0.15, 0.2) is 30.3 Å². The molecule has 0 aromatic heterocycles. The monoisotopic (exact) mass is 204 g/mol. The predicted molar refractivity (Wildman–Crippen MR) is 61.1 cm³/mol. The highest BCUT2D eigenvalue weighted by molar-refractivity contribution is 6.45. The number of carbonyl (C=O) groups excluding carboxylic acids is 1. The van der Waals surface area contributed by atoms with Crippen molar-refractivity contribution < 1.29 is 14.6 Å². The van der Waals surface area contributed by atoms with E-state index in [4.69, 9.17) is 9.76 Å². The molecule has 15 heavy (non-hydrogen) atoms. The predicted octanol–water partition coefficient (Wildman–Crippen LogP) is 0.232. The van der Waals surface area contributed by atoms with Crippen molar-refractivity contribution in [2.75, 3.05) is 6.61 Å². The lowest BCUT2D eigenvalue weighted by molar-refractivity contribution is -0.137. The molecule has 0 atom stereocenters. The van der Waals surface area contributed by atoms with Crippen LogP contribution in [0.2, 0.25) is 0 Å². The van der Waals surface area contributed by atoms with Crippen LogP contribution in [0.4, 0.5) is 0 Å². The number of benzene rings is 1. The van der Waals surface area contributed by atoms with Crippen molar-refractivity contribution in [1.29, 1.82) is 0 Å². The standard InChI is InChI=1S/C11H13BO3/c1-2-15-11(13)7-6-9-4-3-5-10(8-9)12-14/h3-8,12,14H,2H2,1H3/b7-6+. The van der Waals surface area contributed by atoms with Crippen LogP contribution in [0, 0.1) is 0 Å². The fourth-order valence-corrected chi connectivity index (χ4v) is 1.15. The summed E-state index contributed by atoms with van der Waals surface area (Å²) in [4.78, 5) is 11.0. The van der Waals surface area contributed by atoms with Crippen LogP contribution in [0.25, 0.3) is 6.08 Å². The van der Waals surface area contributed by atoms with E-state index in [9.17, 15) is 4.79 Å². The van der Waals surface area contributed by atoms with Gasteiger partial charge >= 0.3 is 13.5 Å². The quantitative estimate of drug-likeness (QED) is 0.434. The minimum atomic E-state index is -0.355. The average Bonchev–Trinajstić information content (AvgIpc) is 2.27. The van der Waals surface area contributed by atoms with E-state index in [1.807, 2.05) is 24.3 Å². The van der Waals surface area contributed by atoms with E-state index in [2.05, 4.69) is 0 Å². The Hall–Kier alpha value is -1.55. The van der Waals surface area contributed by atoms with Gasteiger partial charge in [0.1, 0.15) is 0 Å². The van der Waals surface area contributed by atoms with Gasteiger partial charge in [0.05, 0.1) is 6.61 Å². The van der Waals surface area contributed by atoms with Crippen molar-refractivity contribution in [2.45, 2.75) is 6.92 Å². The molecular formula is C11H13BO3. The topological polar surface area (TPSA) is 46.5 Å². The second-order valence-electron chi connectivity index (χ2n) is 2.99. The molecule has 0 radical (unpaired) electrons. The lowest BCUT2D eigenvalue weighted by Gasteiger charge is -1.97. The molecule has 0 aliphatic carbocycles. The third-order valence-corrected chi connectivity index (χ3v) is 1.83. The molecule has 0 bridgehead atoms. The molecule has 0 saturated carbocycles. The van der Waals surface area contributed by atoms with Gasteiger partial charge in [-0.1, -0.05) is 29.7 Å². The van der Waals surface area contributed by atoms with Crippen LogP contribution in [0.5, 0.6) is 0 Å². The Morgan fingerprint density at radius 3 is 3.07 bits per heavy atom. The third kappa shape index (κ3) is 4.00. The van der Waals surface area contributed by atoms with Crippen LogP contribution < -0.4 is 5.46 Å². The van der Waals surface area contributed by atoms with E-state index >= 15 is 0 Å². The Bertz CT molecular complexity index is 361. The molecule has 0 aliphatic heterocycles. The summed E-state index contributed by atoms with van der Waals surface area (Å²) in [6.07, 6.45) is 3.04. The SMILES string of the molecule is CCOC(=O)/C=C/c1cccc(BO)c1. The molecule has 1 aromatic rings. The van der Waals surface area contributed by atoms with Gasteiger partial charge in [-0.2, -0.15) is 0 Å². The Morgan fingerprint density at radius 1 is 1.60 bits per heavy atom. The van der Waals surface area contributed by atoms with Crippen LogP contribution in [-0.2, 0) is 9.53 Å². The molecule has 1 N–H and O–H groups in total. The number of hydrogen-bond acceptors (Lipinski definition) is 3. The summed E-state index contributed by atoms with van der Waals surface area (Å²) in [6.45, 7) is 2.14. The highest BCUT2D eigenvalue weighted by Gasteiger charge is 1.95. The van der Waals surface area contributed by atoms with Gasteiger partial charge in [-0.3, -0.25) is 0 Å². The van der Waals surface area contributed by atoms with E-state index in [0.717, 1.165) is 11.0 Å². The number of hydrogen-bond donors (Lipinski definition) is 1. The Balaban J connectivity index is 2.67. The first-order chi connectivity index (χ1) is 7.26. The molecular weight excluding hydrogens is 191 g/mol. The summed E-state index contributed by atoms with van der Waals surface area (Å²) < 4.78 is 4.75. The van der Waals surface area contributed by atoms with Crippen LogP contribution >= 0.6 is 0 Å². The molecule has 0 amide bonds. The Kier molecular flexibility index (Phi) is 4.64. The summed E-state index contributed by atoms with van der Waals surface area (Å²) in [5.41, 5.74) is 1.69. The van der Waals surface area contributed by atoms with Crippen molar-refractivity contribution in [3.63, 3.8) is 0 Å². The van der Waals surface area contributed by atoms with E-state index in [0.29, 0.717) is 6.61 Å². The van der Waals surface area contributed by atoms with Gasteiger partial charge in [0.15, 0.2) is 0 Å². The number of esters is 1. The molecule has 0 spiro atoms.